The molecule has 0 aliphatic heterocycles. The molecule has 7 nitrogen and oxygen atoms in total. The van der Waals surface area contributed by atoms with Crippen LogP contribution in [0, 0.1) is 25.2 Å². The minimum atomic E-state index is -0.665. The van der Waals surface area contributed by atoms with E-state index >= 15 is 0 Å². The minimum Gasteiger partial charge on any atom is -0.366 e. The number of para-hydroxylation sites is 1. The lowest BCUT2D eigenvalue weighted by Crippen LogP contribution is -2.31. The molecule has 2 amide bonds. The van der Waals surface area contributed by atoms with Gasteiger partial charge in [-0.25, -0.2) is 0 Å². The summed E-state index contributed by atoms with van der Waals surface area (Å²) < 4.78 is 1.22. The molecule has 3 N–H and O–H groups in total. The van der Waals surface area contributed by atoms with E-state index in [-0.39, 0.29) is 23.4 Å². The van der Waals surface area contributed by atoms with Crippen molar-refractivity contribution in [3.63, 3.8) is 0 Å². The molecule has 7 heteroatoms. The van der Waals surface area contributed by atoms with E-state index in [0.717, 1.165) is 0 Å². The molecule has 0 bridgehead atoms. The summed E-state index contributed by atoms with van der Waals surface area (Å²) >= 11 is 0. The number of nitrogens with one attached hydrogen (secondary N) is 1. The van der Waals surface area contributed by atoms with Gasteiger partial charge in [-0.3, -0.25) is 14.4 Å². The van der Waals surface area contributed by atoms with Crippen molar-refractivity contribution in [3.05, 3.63) is 63.1 Å². The summed E-state index contributed by atoms with van der Waals surface area (Å²) in [7, 11) is 0. The summed E-state index contributed by atoms with van der Waals surface area (Å²) in [6.07, 6.45) is 0. The number of amides is 2. The standard InChI is InChI=1S/C17H16N4O3/c1-10-7-11(2)21(17(24)13(10)8-18)9-15(22)20-14-6-4-3-5-12(14)16(19)23/h3-7H,9H2,1-2H3,(H2,19,23)(H,20,22). The molecule has 2 aromatic rings. The van der Waals surface area contributed by atoms with Crippen molar-refractivity contribution in [2.24, 2.45) is 5.73 Å². The summed E-state index contributed by atoms with van der Waals surface area (Å²) in [5, 5.41) is 11.6. The highest BCUT2D eigenvalue weighted by Gasteiger charge is 2.15. The van der Waals surface area contributed by atoms with E-state index in [1.54, 1.807) is 38.1 Å². The van der Waals surface area contributed by atoms with Crippen molar-refractivity contribution in [1.29, 1.82) is 5.26 Å². The number of nitrogens with zero attached hydrogens (tertiary/aromatic N) is 2. The molecule has 0 atom stereocenters. The second kappa shape index (κ2) is 6.79. The number of rotatable bonds is 4. The van der Waals surface area contributed by atoms with Crippen molar-refractivity contribution in [2.75, 3.05) is 5.32 Å². The fourth-order valence-corrected chi connectivity index (χ4v) is 2.40. The quantitative estimate of drug-likeness (QED) is 0.874. The Morgan fingerprint density at radius 2 is 1.96 bits per heavy atom. The highest BCUT2D eigenvalue weighted by atomic mass is 16.2. The zero-order chi connectivity index (χ0) is 17.9. The van der Waals surface area contributed by atoms with Gasteiger partial charge in [0.05, 0.1) is 11.3 Å². The number of benzene rings is 1. The predicted molar refractivity (Wildman–Crippen MR) is 88.5 cm³/mol. The molecule has 0 radical (unpaired) electrons. The van der Waals surface area contributed by atoms with Gasteiger partial charge in [0.25, 0.3) is 11.5 Å². The van der Waals surface area contributed by atoms with E-state index in [0.29, 0.717) is 11.3 Å². The number of nitriles is 1. The molecule has 0 unspecified atom stereocenters. The molecular formula is C17H16N4O3. The summed E-state index contributed by atoms with van der Waals surface area (Å²) in [5.74, 6) is -1.16. The normalized spacial score (nSPS) is 10.0. The number of nitrogens with two attached hydrogens (primary N) is 1. The Morgan fingerprint density at radius 1 is 1.29 bits per heavy atom. The van der Waals surface area contributed by atoms with Gasteiger partial charge >= 0.3 is 0 Å². The molecule has 0 saturated heterocycles. The Bertz CT molecular complexity index is 922. The predicted octanol–water partition coefficient (Wildman–Crippen LogP) is 1.07. The Morgan fingerprint density at radius 3 is 2.58 bits per heavy atom. The molecule has 0 aliphatic rings. The van der Waals surface area contributed by atoms with Gasteiger partial charge in [0.2, 0.25) is 5.91 Å². The molecule has 0 aliphatic carbocycles. The fourth-order valence-electron chi connectivity index (χ4n) is 2.40. The van der Waals surface area contributed by atoms with Crippen LogP contribution in [0.1, 0.15) is 27.2 Å². The smallest absolute Gasteiger partial charge is 0.269 e. The van der Waals surface area contributed by atoms with E-state index < -0.39 is 17.4 Å². The second-order valence-electron chi connectivity index (χ2n) is 5.30. The second-order valence-corrected chi connectivity index (χ2v) is 5.30. The summed E-state index contributed by atoms with van der Waals surface area (Å²) in [5.41, 5.74) is 6.33. The van der Waals surface area contributed by atoms with Crippen LogP contribution in [0.2, 0.25) is 0 Å². The van der Waals surface area contributed by atoms with Crippen LogP contribution >= 0.6 is 0 Å². The van der Waals surface area contributed by atoms with Crippen LogP contribution in [0.3, 0.4) is 0 Å². The molecule has 0 saturated carbocycles. The fraction of sp³-hybridized carbons (Fsp3) is 0.176. The number of pyridine rings is 1. The van der Waals surface area contributed by atoms with Crippen molar-refractivity contribution in [1.82, 2.24) is 4.57 Å². The number of anilines is 1. The Hall–Kier alpha value is -3.40. The molecule has 1 heterocycles. The van der Waals surface area contributed by atoms with E-state index in [4.69, 9.17) is 11.0 Å². The van der Waals surface area contributed by atoms with Crippen molar-refractivity contribution in [2.45, 2.75) is 20.4 Å². The van der Waals surface area contributed by atoms with Crippen LogP contribution in [0.5, 0.6) is 0 Å². The van der Waals surface area contributed by atoms with Crippen LogP contribution in [-0.2, 0) is 11.3 Å². The van der Waals surface area contributed by atoms with E-state index in [9.17, 15) is 14.4 Å². The number of carbonyl (C=O) groups excluding carboxylic acids is 2. The molecule has 0 fully saturated rings. The van der Waals surface area contributed by atoms with Crippen molar-refractivity contribution >= 4 is 17.5 Å². The van der Waals surface area contributed by atoms with Gasteiger partial charge in [0.15, 0.2) is 0 Å². The third-order valence-corrected chi connectivity index (χ3v) is 3.58. The van der Waals surface area contributed by atoms with Gasteiger partial charge in [0, 0.05) is 5.69 Å². The van der Waals surface area contributed by atoms with Crippen LogP contribution in [0.25, 0.3) is 0 Å². The first-order valence-electron chi connectivity index (χ1n) is 7.15. The molecule has 1 aromatic heterocycles. The van der Waals surface area contributed by atoms with E-state index in [1.165, 1.54) is 10.6 Å². The number of aromatic nitrogens is 1. The average molecular weight is 324 g/mol. The average Bonchev–Trinajstić information content (AvgIpc) is 2.52. The monoisotopic (exact) mass is 324 g/mol. The van der Waals surface area contributed by atoms with Gasteiger partial charge in [-0.2, -0.15) is 5.26 Å². The van der Waals surface area contributed by atoms with Gasteiger partial charge < -0.3 is 15.6 Å². The maximum atomic E-state index is 12.3. The Kier molecular flexibility index (Phi) is 4.80. The minimum absolute atomic E-state index is 0.00550. The Labute approximate surface area is 138 Å². The Balaban J connectivity index is 2.31. The van der Waals surface area contributed by atoms with Crippen LogP contribution in [0.15, 0.2) is 35.1 Å². The third-order valence-electron chi connectivity index (χ3n) is 3.58. The summed E-state index contributed by atoms with van der Waals surface area (Å²) in [6, 6.07) is 9.84. The molecular weight excluding hydrogens is 308 g/mol. The lowest BCUT2D eigenvalue weighted by molar-refractivity contribution is -0.116. The van der Waals surface area contributed by atoms with Crippen LogP contribution < -0.4 is 16.6 Å². The van der Waals surface area contributed by atoms with E-state index in [2.05, 4.69) is 5.32 Å². The summed E-state index contributed by atoms with van der Waals surface area (Å²) in [4.78, 5) is 35.9. The number of hydrogen-bond acceptors (Lipinski definition) is 4. The number of aryl methyl sites for hydroxylation is 2. The maximum absolute atomic E-state index is 12.3. The van der Waals surface area contributed by atoms with Gasteiger partial charge in [-0.1, -0.05) is 12.1 Å². The zero-order valence-corrected chi connectivity index (χ0v) is 13.3. The first-order valence-corrected chi connectivity index (χ1v) is 7.15. The van der Waals surface area contributed by atoms with Gasteiger partial charge in [-0.05, 0) is 37.6 Å². The van der Waals surface area contributed by atoms with Crippen molar-refractivity contribution in [3.8, 4) is 6.07 Å². The number of hydrogen-bond donors (Lipinski definition) is 2. The highest BCUT2D eigenvalue weighted by Crippen LogP contribution is 2.14. The van der Waals surface area contributed by atoms with Crippen LogP contribution in [-0.4, -0.2) is 16.4 Å². The summed E-state index contributed by atoms with van der Waals surface area (Å²) in [6.45, 7) is 3.08. The first-order chi connectivity index (χ1) is 11.3. The number of primary amides is 1. The molecule has 1 aromatic carbocycles. The largest absolute Gasteiger partial charge is 0.366 e. The highest BCUT2D eigenvalue weighted by molar-refractivity contribution is 6.02. The molecule has 122 valence electrons. The van der Waals surface area contributed by atoms with Crippen molar-refractivity contribution < 1.29 is 9.59 Å². The lowest BCUT2D eigenvalue weighted by atomic mass is 10.1. The number of carbonyl (C=O) groups is 2. The maximum Gasteiger partial charge on any atom is 0.269 e. The molecule has 2 rings (SSSR count). The van der Waals surface area contributed by atoms with E-state index in [1.807, 2.05) is 6.07 Å². The molecule has 0 spiro atoms. The third kappa shape index (κ3) is 3.33. The lowest BCUT2D eigenvalue weighted by Gasteiger charge is -2.13. The topological polar surface area (TPSA) is 118 Å². The van der Waals surface area contributed by atoms with Gasteiger partial charge in [-0.15, -0.1) is 0 Å². The SMILES string of the molecule is Cc1cc(C)n(CC(=O)Nc2ccccc2C(N)=O)c(=O)c1C#N. The van der Waals surface area contributed by atoms with Gasteiger partial charge in [0.1, 0.15) is 18.2 Å². The van der Waals surface area contributed by atoms with Crippen LogP contribution in [0.4, 0.5) is 5.69 Å². The zero-order valence-electron chi connectivity index (χ0n) is 13.3. The molecule has 24 heavy (non-hydrogen) atoms. The first kappa shape index (κ1) is 17.0.